The molecule has 0 aliphatic carbocycles. The minimum absolute atomic E-state index is 0.269. The van der Waals surface area contributed by atoms with Gasteiger partial charge in [0.2, 0.25) is 0 Å². The van der Waals surface area contributed by atoms with Crippen molar-refractivity contribution in [1.82, 2.24) is 0 Å². The lowest BCUT2D eigenvalue weighted by molar-refractivity contribution is 0.102. The molecule has 1 amide bonds. The van der Waals surface area contributed by atoms with Gasteiger partial charge in [-0.05, 0) is 67.4 Å². The molecule has 0 saturated carbocycles. The summed E-state index contributed by atoms with van der Waals surface area (Å²) in [6.07, 6.45) is 0. The van der Waals surface area contributed by atoms with Gasteiger partial charge < -0.3 is 14.8 Å². The number of amides is 1. The molecule has 0 heterocycles. The summed E-state index contributed by atoms with van der Waals surface area (Å²) < 4.78 is 11.3. The second-order valence-electron chi connectivity index (χ2n) is 6.62. The van der Waals surface area contributed by atoms with E-state index in [9.17, 15) is 4.79 Å². The van der Waals surface area contributed by atoms with Crippen LogP contribution in [0.25, 0.3) is 0 Å². The second kappa shape index (κ2) is 9.21. The molecule has 0 unspecified atom stereocenters. The third-order valence-electron chi connectivity index (χ3n) is 4.62. The predicted octanol–water partition coefficient (Wildman–Crippen LogP) is 6.45. The zero-order valence-corrected chi connectivity index (χ0v) is 17.9. The quantitative estimate of drug-likeness (QED) is 0.489. The van der Waals surface area contributed by atoms with Crippen LogP contribution >= 0.6 is 23.2 Å². The molecule has 0 saturated heterocycles. The topological polar surface area (TPSA) is 47.6 Å². The first-order chi connectivity index (χ1) is 13.9. The van der Waals surface area contributed by atoms with Crippen LogP contribution in [0.15, 0.2) is 54.6 Å². The Morgan fingerprint density at radius 2 is 1.79 bits per heavy atom. The van der Waals surface area contributed by atoms with Crippen LogP contribution in [0.1, 0.15) is 27.0 Å². The molecule has 0 fully saturated rings. The molecule has 0 atom stereocenters. The smallest absolute Gasteiger partial charge is 0.255 e. The molecule has 0 aliphatic rings. The summed E-state index contributed by atoms with van der Waals surface area (Å²) >= 11 is 12.2. The Morgan fingerprint density at radius 3 is 2.52 bits per heavy atom. The molecule has 0 aliphatic heterocycles. The van der Waals surface area contributed by atoms with Crippen molar-refractivity contribution < 1.29 is 14.3 Å². The standard InChI is InChI=1S/C23H21Cl2NO3/c1-14-7-9-18(11-15(14)2)29-13-17-12-16(8-10-21(17)28-3)23(27)26-20-6-4-5-19(24)22(20)25/h4-12H,13H2,1-3H3,(H,26,27). The van der Waals surface area contributed by atoms with Crippen LogP contribution in [-0.2, 0) is 6.61 Å². The Balaban J connectivity index is 1.79. The van der Waals surface area contributed by atoms with Gasteiger partial charge >= 0.3 is 0 Å². The van der Waals surface area contributed by atoms with Crippen molar-refractivity contribution in [2.75, 3.05) is 12.4 Å². The second-order valence-corrected chi connectivity index (χ2v) is 7.40. The van der Waals surface area contributed by atoms with Gasteiger partial charge in [-0.3, -0.25) is 4.79 Å². The number of hydrogen-bond donors (Lipinski definition) is 1. The molecule has 0 spiro atoms. The van der Waals surface area contributed by atoms with Crippen LogP contribution in [0.5, 0.6) is 11.5 Å². The molecule has 3 rings (SSSR count). The average Bonchev–Trinajstić information content (AvgIpc) is 2.72. The van der Waals surface area contributed by atoms with E-state index in [0.717, 1.165) is 16.9 Å². The van der Waals surface area contributed by atoms with Gasteiger partial charge in [0.1, 0.15) is 18.1 Å². The van der Waals surface area contributed by atoms with Crippen LogP contribution in [0.4, 0.5) is 5.69 Å². The van der Waals surface area contributed by atoms with Gasteiger partial charge in [-0.25, -0.2) is 0 Å². The van der Waals surface area contributed by atoms with Gasteiger partial charge in [0.05, 0.1) is 22.8 Å². The van der Waals surface area contributed by atoms with E-state index in [-0.39, 0.29) is 12.5 Å². The summed E-state index contributed by atoms with van der Waals surface area (Å²) in [7, 11) is 1.58. The minimum atomic E-state index is -0.302. The van der Waals surface area contributed by atoms with Crippen molar-refractivity contribution in [3.05, 3.63) is 86.9 Å². The number of halogens is 2. The van der Waals surface area contributed by atoms with Crippen molar-refractivity contribution in [1.29, 1.82) is 0 Å². The van der Waals surface area contributed by atoms with Crippen LogP contribution < -0.4 is 14.8 Å². The lowest BCUT2D eigenvalue weighted by Crippen LogP contribution is -2.13. The van der Waals surface area contributed by atoms with Crippen LogP contribution in [0.2, 0.25) is 10.0 Å². The van der Waals surface area contributed by atoms with Crippen molar-refractivity contribution in [2.45, 2.75) is 20.5 Å². The van der Waals surface area contributed by atoms with E-state index in [1.54, 1.807) is 43.5 Å². The molecule has 3 aromatic carbocycles. The zero-order valence-electron chi connectivity index (χ0n) is 16.4. The van der Waals surface area contributed by atoms with Gasteiger partial charge in [0, 0.05) is 11.1 Å². The molecule has 4 nitrogen and oxygen atoms in total. The summed E-state index contributed by atoms with van der Waals surface area (Å²) in [4.78, 5) is 12.7. The number of nitrogens with one attached hydrogen (secondary N) is 1. The maximum atomic E-state index is 12.7. The molecule has 6 heteroatoms. The Bertz CT molecular complexity index is 1050. The third kappa shape index (κ3) is 5.03. The molecular formula is C23H21Cl2NO3. The normalized spacial score (nSPS) is 10.5. The van der Waals surface area contributed by atoms with E-state index >= 15 is 0 Å². The lowest BCUT2D eigenvalue weighted by Gasteiger charge is -2.13. The highest BCUT2D eigenvalue weighted by atomic mass is 35.5. The van der Waals surface area contributed by atoms with E-state index in [1.165, 1.54) is 5.56 Å². The zero-order chi connectivity index (χ0) is 21.0. The fraction of sp³-hybridized carbons (Fsp3) is 0.174. The first-order valence-electron chi connectivity index (χ1n) is 9.01. The largest absolute Gasteiger partial charge is 0.496 e. The Labute approximate surface area is 180 Å². The Hall–Kier alpha value is -2.69. The number of hydrogen-bond acceptors (Lipinski definition) is 3. The number of anilines is 1. The average molecular weight is 430 g/mol. The number of aryl methyl sites for hydroxylation is 2. The minimum Gasteiger partial charge on any atom is -0.496 e. The number of methoxy groups -OCH3 is 1. The monoisotopic (exact) mass is 429 g/mol. The number of ether oxygens (including phenoxy) is 2. The van der Waals surface area contributed by atoms with Gasteiger partial charge in [-0.2, -0.15) is 0 Å². The molecular weight excluding hydrogens is 409 g/mol. The fourth-order valence-corrected chi connectivity index (χ4v) is 3.14. The molecule has 0 bridgehead atoms. The van der Waals surface area contributed by atoms with Crippen LogP contribution in [0.3, 0.4) is 0 Å². The molecule has 0 radical (unpaired) electrons. The summed E-state index contributed by atoms with van der Waals surface area (Å²) in [6, 6.07) is 16.2. The van der Waals surface area contributed by atoms with E-state index in [2.05, 4.69) is 12.2 Å². The molecule has 29 heavy (non-hydrogen) atoms. The highest BCUT2D eigenvalue weighted by Crippen LogP contribution is 2.30. The lowest BCUT2D eigenvalue weighted by atomic mass is 10.1. The van der Waals surface area contributed by atoms with Crippen LogP contribution in [-0.4, -0.2) is 13.0 Å². The number of carbonyl (C=O) groups is 1. The van der Waals surface area contributed by atoms with E-state index in [4.69, 9.17) is 32.7 Å². The maximum Gasteiger partial charge on any atom is 0.255 e. The van der Waals surface area contributed by atoms with E-state index in [0.29, 0.717) is 27.0 Å². The van der Waals surface area contributed by atoms with E-state index < -0.39 is 0 Å². The van der Waals surface area contributed by atoms with Crippen molar-refractivity contribution >= 4 is 34.8 Å². The number of benzene rings is 3. The summed E-state index contributed by atoms with van der Waals surface area (Å²) in [5.41, 5.74) is 4.03. The number of carbonyl (C=O) groups excluding carboxylic acids is 1. The number of rotatable bonds is 6. The van der Waals surface area contributed by atoms with E-state index in [1.807, 2.05) is 25.1 Å². The first kappa shape index (κ1) is 21.0. The molecule has 1 N–H and O–H groups in total. The van der Waals surface area contributed by atoms with Gasteiger partial charge in [0.15, 0.2) is 0 Å². The molecule has 0 aromatic heterocycles. The van der Waals surface area contributed by atoms with Crippen molar-refractivity contribution in [2.24, 2.45) is 0 Å². The van der Waals surface area contributed by atoms with Crippen molar-refractivity contribution in [3.8, 4) is 11.5 Å². The SMILES string of the molecule is COc1ccc(C(=O)Nc2cccc(Cl)c2Cl)cc1COc1ccc(C)c(C)c1. The fourth-order valence-electron chi connectivity index (χ4n) is 2.79. The molecule has 150 valence electrons. The third-order valence-corrected chi connectivity index (χ3v) is 5.43. The summed E-state index contributed by atoms with van der Waals surface area (Å²) in [5, 5.41) is 3.46. The first-order valence-corrected chi connectivity index (χ1v) is 9.77. The Kier molecular flexibility index (Phi) is 6.68. The highest BCUT2D eigenvalue weighted by molar-refractivity contribution is 6.44. The van der Waals surface area contributed by atoms with Crippen LogP contribution in [0, 0.1) is 13.8 Å². The van der Waals surface area contributed by atoms with Gasteiger partial charge in [-0.15, -0.1) is 0 Å². The maximum absolute atomic E-state index is 12.7. The van der Waals surface area contributed by atoms with Gasteiger partial charge in [0.25, 0.3) is 5.91 Å². The van der Waals surface area contributed by atoms with Crippen molar-refractivity contribution in [3.63, 3.8) is 0 Å². The predicted molar refractivity (Wildman–Crippen MR) is 118 cm³/mol. The summed E-state index contributed by atoms with van der Waals surface area (Å²) in [5.74, 6) is 1.10. The summed E-state index contributed by atoms with van der Waals surface area (Å²) in [6.45, 7) is 4.36. The Morgan fingerprint density at radius 1 is 1.00 bits per heavy atom. The molecule has 3 aromatic rings. The highest BCUT2D eigenvalue weighted by Gasteiger charge is 2.13. The van der Waals surface area contributed by atoms with Gasteiger partial charge in [-0.1, -0.05) is 35.3 Å².